The minimum atomic E-state index is -0.720. The van der Waals surface area contributed by atoms with E-state index in [1.54, 1.807) is 0 Å². The number of carbonyl (C=O) groups is 3. The molecule has 0 unspecified atom stereocenters. The zero-order valence-electron chi connectivity index (χ0n) is 14.6. The third-order valence-electron chi connectivity index (χ3n) is 5.16. The average molecular weight is 343 g/mol. The van der Waals surface area contributed by atoms with E-state index < -0.39 is 5.54 Å². The molecule has 134 valence electrons. The van der Waals surface area contributed by atoms with E-state index in [9.17, 15) is 14.4 Å². The van der Waals surface area contributed by atoms with E-state index in [2.05, 4.69) is 17.6 Å². The zero-order chi connectivity index (χ0) is 17.9. The summed E-state index contributed by atoms with van der Waals surface area (Å²) in [6.45, 7) is 2.19. The number of urea groups is 1. The summed E-state index contributed by atoms with van der Waals surface area (Å²) in [5.41, 5.74) is 1.21. The fraction of sp³-hybridized carbons (Fsp3) is 0.526. The van der Waals surface area contributed by atoms with Crippen molar-refractivity contribution in [1.82, 2.24) is 10.2 Å². The largest absolute Gasteiger partial charge is 0.326 e. The number of anilines is 1. The summed E-state index contributed by atoms with van der Waals surface area (Å²) in [5, 5.41) is 5.67. The lowest BCUT2D eigenvalue weighted by Gasteiger charge is -2.30. The standard InChI is InChI=1S/C19H25N3O3/c1-2-14-6-8-15(9-7-14)20-16(23)10-13-22-17(24)19(21-18(22)25)11-4-3-5-12-19/h6-9H,2-5,10-13H2,1H3,(H,20,23)(H,21,25). The molecule has 2 fully saturated rings. The lowest BCUT2D eigenvalue weighted by atomic mass is 9.82. The fourth-order valence-electron chi connectivity index (χ4n) is 3.63. The van der Waals surface area contributed by atoms with Crippen LogP contribution in [0.3, 0.4) is 0 Å². The van der Waals surface area contributed by atoms with E-state index in [1.165, 1.54) is 10.5 Å². The molecule has 0 radical (unpaired) electrons. The summed E-state index contributed by atoms with van der Waals surface area (Å²) in [6.07, 6.45) is 5.45. The van der Waals surface area contributed by atoms with Crippen LogP contribution in [0, 0.1) is 0 Å². The molecule has 1 spiro atoms. The Bertz CT molecular complexity index is 663. The maximum Gasteiger partial charge on any atom is 0.325 e. The fourth-order valence-corrected chi connectivity index (χ4v) is 3.63. The minimum Gasteiger partial charge on any atom is -0.326 e. The molecule has 3 rings (SSSR count). The topological polar surface area (TPSA) is 78.5 Å². The Morgan fingerprint density at radius 2 is 1.84 bits per heavy atom. The molecule has 0 atom stereocenters. The molecule has 2 N–H and O–H groups in total. The van der Waals surface area contributed by atoms with Crippen molar-refractivity contribution in [3.05, 3.63) is 29.8 Å². The lowest BCUT2D eigenvalue weighted by molar-refractivity contribution is -0.132. The second-order valence-corrected chi connectivity index (χ2v) is 6.88. The van der Waals surface area contributed by atoms with Gasteiger partial charge in [-0.15, -0.1) is 0 Å². The van der Waals surface area contributed by atoms with Gasteiger partial charge in [-0.1, -0.05) is 38.3 Å². The molecular formula is C19H25N3O3. The number of hydrogen-bond acceptors (Lipinski definition) is 3. The molecule has 0 aromatic heterocycles. The molecule has 0 bridgehead atoms. The molecule has 1 aromatic carbocycles. The van der Waals surface area contributed by atoms with Crippen LogP contribution in [0.4, 0.5) is 10.5 Å². The van der Waals surface area contributed by atoms with Crippen molar-refractivity contribution >= 4 is 23.5 Å². The summed E-state index contributed by atoms with van der Waals surface area (Å²) >= 11 is 0. The van der Waals surface area contributed by atoms with Crippen LogP contribution < -0.4 is 10.6 Å². The predicted octanol–water partition coefficient (Wildman–Crippen LogP) is 2.83. The molecule has 2 aliphatic rings. The molecule has 25 heavy (non-hydrogen) atoms. The Balaban J connectivity index is 1.54. The highest BCUT2D eigenvalue weighted by molar-refractivity contribution is 6.07. The number of hydrogen-bond donors (Lipinski definition) is 2. The second-order valence-electron chi connectivity index (χ2n) is 6.88. The first-order valence-electron chi connectivity index (χ1n) is 9.07. The highest BCUT2D eigenvalue weighted by atomic mass is 16.2. The number of rotatable bonds is 5. The van der Waals surface area contributed by atoms with E-state index in [4.69, 9.17) is 0 Å². The van der Waals surface area contributed by atoms with Crippen LogP contribution in [0.1, 0.15) is 51.0 Å². The van der Waals surface area contributed by atoms with E-state index in [0.29, 0.717) is 12.8 Å². The van der Waals surface area contributed by atoms with Gasteiger partial charge in [0.1, 0.15) is 5.54 Å². The molecule has 1 saturated heterocycles. The van der Waals surface area contributed by atoms with Crippen LogP contribution in [0.25, 0.3) is 0 Å². The molecule has 1 saturated carbocycles. The summed E-state index contributed by atoms with van der Waals surface area (Å²) in [5.74, 6) is -0.369. The second kappa shape index (κ2) is 7.25. The number of imide groups is 1. The maximum atomic E-state index is 12.6. The summed E-state index contributed by atoms with van der Waals surface area (Å²) in [4.78, 5) is 38.1. The maximum absolute atomic E-state index is 12.6. The molecule has 1 aliphatic heterocycles. The third-order valence-corrected chi connectivity index (χ3v) is 5.16. The molecule has 1 aliphatic carbocycles. The lowest BCUT2D eigenvalue weighted by Crippen LogP contribution is -2.48. The Labute approximate surface area is 148 Å². The van der Waals surface area contributed by atoms with Gasteiger partial charge in [-0.25, -0.2) is 4.79 Å². The number of carbonyl (C=O) groups excluding carboxylic acids is 3. The first kappa shape index (κ1) is 17.5. The van der Waals surface area contributed by atoms with Crippen LogP contribution in [0.5, 0.6) is 0 Å². The van der Waals surface area contributed by atoms with E-state index in [-0.39, 0.29) is 30.8 Å². The van der Waals surface area contributed by atoms with Crippen molar-refractivity contribution in [3.63, 3.8) is 0 Å². The smallest absolute Gasteiger partial charge is 0.325 e. The van der Waals surface area contributed by atoms with Crippen molar-refractivity contribution < 1.29 is 14.4 Å². The molecule has 1 heterocycles. The van der Waals surface area contributed by atoms with E-state index in [1.807, 2.05) is 24.3 Å². The van der Waals surface area contributed by atoms with Crippen molar-refractivity contribution in [2.24, 2.45) is 0 Å². The van der Waals surface area contributed by atoms with Crippen LogP contribution in [-0.2, 0) is 16.0 Å². The Kier molecular flexibility index (Phi) is 5.06. The number of nitrogens with one attached hydrogen (secondary N) is 2. The zero-order valence-corrected chi connectivity index (χ0v) is 14.6. The molecule has 4 amide bonds. The SMILES string of the molecule is CCc1ccc(NC(=O)CCN2C(=O)NC3(CCCCC3)C2=O)cc1. The first-order chi connectivity index (χ1) is 12.0. The normalized spacial score (nSPS) is 19.2. The Morgan fingerprint density at radius 3 is 2.48 bits per heavy atom. The van der Waals surface area contributed by atoms with Crippen LogP contribution in [-0.4, -0.2) is 34.8 Å². The van der Waals surface area contributed by atoms with Crippen molar-refractivity contribution in [2.45, 2.75) is 57.4 Å². The van der Waals surface area contributed by atoms with E-state index in [0.717, 1.165) is 31.4 Å². The Morgan fingerprint density at radius 1 is 1.16 bits per heavy atom. The van der Waals surface area contributed by atoms with Crippen LogP contribution in [0.15, 0.2) is 24.3 Å². The number of amides is 4. The van der Waals surface area contributed by atoms with Gasteiger partial charge in [0, 0.05) is 18.7 Å². The number of aryl methyl sites for hydroxylation is 1. The van der Waals surface area contributed by atoms with Crippen molar-refractivity contribution in [1.29, 1.82) is 0 Å². The van der Waals surface area contributed by atoms with Gasteiger partial charge in [0.25, 0.3) is 5.91 Å². The minimum absolute atomic E-state index is 0.102. The molecule has 1 aromatic rings. The summed E-state index contributed by atoms with van der Waals surface area (Å²) < 4.78 is 0. The van der Waals surface area contributed by atoms with Gasteiger partial charge < -0.3 is 10.6 Å². The van der Waals surface area contributed by atoms with E-state index >= 15 is 0 Å². The van der Waals surface area contributed by atoms with Gasteiger partial charge in [0.15, 0.2) is 0 Å². The molecular weight excluding hydrogens is 318 g/mol. The van der Waals surface area contributed by atoms with Crippen LogP contribution in [0.2, 0.25) is 0 Å². The Hall–Kier alpha value is -2.37. The molecule has 6 nitrogen and oxygen atoms in total. The van der Waals surface area contributed by atoms with Crippen LogP contribution >= 0.6 is 0 Å². The number of benzene rings is 1. The summed E-state index contributed by atoms with van der Waals surface area (Å²) in [6, 6.07) is 7.30. The highest BCUT2D eigenvalue weighted by Gasteiger charge is 2.50. The van der Waals surface area contributed by atoms with Gasteiger partial charge in [-0.05, 0) is 37.0 Å². The van der Waals surface area contributed by atoms with Gasteiger partial charge in [-0.3, -0.25) is 14.5 Å². The highest BCUT2D eigenvalue weighted by Crippen LogP contribution is 2.33. The van der Waals surface area contributed by atoms with Gasteiger partial charge >= 0.3 is 6.03 Å². The first-order valence-corrected chi connectivity index (χ1v) is 9.07. The van der Waals surface area contributed by atoms with Crippen molar-refractivity contribution in [3.8, 4) is 0 Å². The number of nitrogens with zero attached hydrogens (tertiary/aromatic N) is 1. The summed E-state index contributed by atoms with van der Waals surface area (Å²) in [7, 11) is 0. The predicted molar refractivity (Wildman–Crippen MR) is 95.1 cm³/mol. The van der Waals surface area contributed by atoms with Gasteiger partial charge in [0.2, 0.25) is 5.91 Å². The van der Waals surface area contributed by atoms with Crippen molar-refractivity contribution in [2.75, 3.05) is 11.9 Å². The molecule has 6 heteroatoms. The quantitative estimate of drug-likeness (QED) is 0.807. The van der Waals surface area contributed by atoms with Gasteiger partial charge in [0.05, 0.1) is 0 Å². The van der Waals surface area contributed by atoms with Gasteiger partial charge in [-0.2, -0.15) is 0 Å². The average Bonchev–Trinajstić information content (AvgIpc) is 2.84. The monoisotopic (exact) mass is 343 g/mol. The third kappa shape index (κ3) is 3.67.